The van der Waals surface area contributed by atoms with Crippen LogP contribution in [0.5, 0.6) is 0 Å². The molecule has 0 saturated carbocycles. The quantitative estimate of drug-likeness (QED) is 0.768. The van der Waals surface area contributed by atoms with Crippen molar-refractivity contribution >= 4 is 26.4 Å². The fourth-order valence-corrected chi connectivity index (χ4v) is 4.54. The number of sulfone groups is 1. The molecule has 25 heavy (non-hydrogen) atoms. The third-order valence-corrected chi connectivity index (χ3v) is 6.29. The number of benzene rings is 1. The molecule has 2 aromatic rings. The summed E-state index contributed by atoms with van der Waals surface area (Å²) in [4.78, 5) is 6.98. The number of hydrogen-bond acceptors (Lipinski definition) is 5. The van der Waals surface area contributed by atoms with Crippen LogP contribution >= 0.6 is 0 Å². The second kappa shape index (κ2) is 8.15. The third kappa shape index (κ3) is 4.92. The lowest BCUT2D eigenvalue weighted by Crippen LogP contribution is -2.41. The monoisotopic (exact) mass is 361 g/mol. The fraction of sp³-hybridized carbons (Fsp3) is 0.526. The Bertz CT molecular complexity index is 807. The molecule has 136 valence electrons. The van der Waals surface area contributed by atoms with Crippen LogP contribution in [0.1, 0.15) is 25.5 Å². The second-order valence-electron chi connectivity index (χ2n) is 6.70. The molecule has 3 rings (SSSR count). The Morgan fingerprint density at radius 2 is 1.96 bits per heavy atom. The highest BCUT2D eigenvalue weighted by atomic mass is 32.2. The molecule has 1 aliphatic heterocycles. The summed E-state index contributed by atoms with van der Waals surface area (Å²) in [7, 11) is -2.79. The van der Waals surface area contributed by atoms with Crippen molar-refractivity contribution in [2.75, 3.05) is 43.0 Å². The number of anilines is 1. The molecule has 1 fully saturated rings. The van der Waals surface area contributed by atoms with Crippen LogP contribution in [0, 0.1) is 0 Å². The van der Waals surface area contributed by atoms with E-state index in [2.05, 4.69) is 35.3 Å². The molecule has 5 nitrogen and oxygen atoms in total. The molecule has 0 atom stereocenters. The molecule has 0 aliphatic carbocycles. The summed E-state index contributed by atoms with van der Waals surface area (Å²) in [6, 6.07) is 10.4. The van der Waals surface area contributed by atoms with Crippen LogP contribution in [0.3, 0.4) is 0 Å². The Morgan fingerprint density at radius 1 is 1.20 bits per heavy atom. The lowest BCUT2D eigenvalue weighted by Gasteiger charge is -2.26. The van der Waals surface area contributed by atoms with Gasteiger partial charge in [0.2, 0.25) is 0 Å². The largest absolute Gasteiger partial charge is 0.384 e. The predicted molar refractivity (Wildman–Crippen MR) is 104 cm³/mol. The molecule has 6 heteroatoms. The van der Waals surface area contributed by atoms with Crippen molar-refractivity contribution in [3.05, 3.63) is 36.0 Å². The van der Waals surface area contributed by atoms with Gasteiger partial charge in [-0.3, -0.25) is 4.98 Å². The SMILES string of the molecule is CCCc1cc(NCCCN2CCS(=O)(=O)CC2)c2ccccc2n1. The van der Waals surface area contributed by atoms with Crippen LogP contribution in [0.15, 0.2) is 30.3 Å². The van der Waals surface area contributed by atoms with E-state index in [0.717, 1.165) is 54.6 Å². The van der Waals surface area contributed by atoms with E-state index in [1.807, 2.05) is 12.1 Å². The number of pyridine rings is 1. The summed E-state index contributed by atoms with van der Waals surface area (Å²) in [5, 5.41) is 4.72. The van der Waals surface area contributed by atoms with Gasteiger partial charge in [0.25, 0.3) is 0 Å². The topological polar surface area (TPSA) is 62.3 Å². The maximum atomic E-state index is 11.5. The summed E-state index contributed by atoms with van der Waals surface area (Å²) in [5.41, 5.74) is 3.32. The Balaban J connectivity index is 1.57. The van der Waals surface area contributed by atoms with Crippen molar-refractivity contribution in [3.8, 4) is 0 Å². The van der Waals surface area contributed by atoms with Crippen LogP contribution in [0.2, 0.25) is 0 Å². The van der Waals surface area contributed by atoms with Crippen molar-refractivity contribution in [1.82, 2.24) is 9.88 Å². The Kier molecular flexibility index (Phi) is 5.91. The van der Waals surface area contributed by atoms with Gasteiger partial charge in [-0.05, 0) is 31.5 Å². The maximum absolute atomic E-state index is 11.5. The first-order valence-corrected chi connectivity index (χ1v) is 10.9. The van der Waals surface area contributed by atoms with E-state index in [4.69, 9.17) is 4.98 Å². The Labute approximate surface area is 150 Å². The van der Waals surface area contributed by atoms with Gasteiger partial charge in [0.1, 0.15) is 0 Å². The van der Waals surface area contributed by atoms with Gasteiger partial charge in [-0.25, -0.2) is 8.42 Å². The van der Waals surface area contributed by atoms with Gasteiger partial charge in [-0.15, -0.1) is 0 Å². The Hall–Kier alpha value is -1.66. The summed E-state index contributed by atoms with van der Waals surface area (Å²) in [6.07, 6.45) is 3.07. The summed E-state index contributed by atoms with van der Waals surface area (Å²) < 4.78 is 23.0. The minimum absolute atomic E-state index is 0.301. The van der Waals surface area contributed by atoms with E-state index in [-0.39, 0.29) is 0 Å². The van der Waals surface area contributed by atoms with Crippen molar-refractivity contribution in [2.24, 2.45) is 0 Å². The molecule has 1 aromatic carbocycles. The van der Waals surface area contributed by atoms with Gasteiger partial charge in [0.05, 0.1) is 17.0 Å². The highest BCUT2D eigenvalue weighted by Gasteiger charge is 2.20. The van der Waals surface area contributed by atoms with E-state index in [1.165, 1.54) is 0 Å². The number of aryl methyl sites for hydroxylation is 1. The average Bonchev–Trinajstić information content (AvgIpc) is 2.60. The molecular formula is C19H27N3O2S. The minimum Gasteiger partial charge on any atom is -0.384 e. The smallest absolute Gasteiger partial charge is 0.152 e. The van der Waals surface area contributed by atoms with Gasteiger partial charge in [-0.1, -0.05) is 31.5 Å². The first kappa shape index (κ1) is 18.1. The zero-order valence-corrected chi connectivity index (χ0v) is 15.7. The molecule has 0 amide bonds. The van der Waals surface area contributed by atoms with Crippen LogP contribution in [-0.4, -0.2) is 56.0 Å². The van der Waals surface area contributed by atoms with E-state index < -0.39 is 9.84 Å². The molecule has 0 bridgehead atoms. The van der Waals surface area contributed by atoms with Gasteiger partial charge in [0.15, 0.2) is 9.84 Å². The molecular weight excluding hydrogens is 334 g/mol. The molecule has 0 radical (unpaired) electrons. The molecule has 1 aliphatic rings. The lowest BCUT2D eigenvalue weighted by atomic mass is 10.1. The summed E-state index contributed by atoms with van der Waals surface area (Å²) >= 11 is 0. The number of aromatic nitrogens is 1. The van der Waals surface area contributed by atoms with Crippen LogP contribution in [-0.2, 0) is 16.3 Å². The number of fused-ring (bicyclic) bond motifs is 1. The van der Waals surface area contributed by atoms with Crippen LogP contribution < -0.4 is 5.32 Å². The summed E-state index contributed by atoms with van der Waals surface area (Å²) in [6.45, 7) is 5.32. The average molecular weight is 362 g/mol. The zero-order chi connectivity index (χ0) is 17.7. The summed E-state index contributed by atoms with van der Waals surface area (Å²) in [5.74, 6) is 0.603. The van der Waals surface area contributed by atoms with E-state index in [9.17, 15) is 8.42 Å². The molecule has 2 heterocycles. The lowest BCUT2D eigenvalue weighted by molar-refractivity contribution is 0.295. The van der Waals surface area contributed by atoms with Gasteiger partial charge in [-0.2, -0.15) is 0 Å². The van der Waals surface area contributed by atoms with Gasteiger partial charge in [0, 0.05) is 36.4 Å². The standard InChI is InChI=1S/C19H27N3O2S/c1-2-6-16-15-19(17-7-3-4-8-18(17)21-16)20-9-5-10-22-11-13-25(23,24)14-12-22/h3-4,7-8,15H,2,5-6,9-14H2,1H3,(H,20,21). The molecule has 1 N–H and O–H groups in total. The van der Waals surface area contributed by atoms with Crippen molar-refractivity contribution in [2.45, 2.75) is 26.2 Å². The van der Waals surface area contributed by atoms with Crippen LogP contribution in [0.25, 0.3) is 10.9 Å². The fourth-order valence-electron chi connectivity index (χ4n) is 3.26. The minimum atomic E-state index is -2.79. The van der Waals surface area contributed by atoms with E-state index >= 15 is 0 Å². The molecule has 1 saturated heterocycles. The number of nitrogens with zero attached hydrogens (tertiary/aromatic N) is 2. The number of nitrogens with one attached hydrogen (secondary N) is 1. The number of rotatable bonds is 7. The first-order chi connectivity index (χ1) is 12.1. The normalized spacial score (nSPS) is 17.6. The predicted octanol–water partition coefficient (Wildman–Crippen LogP) is 2.72. The molecule has 1 aromatic heterocycles. The van der Waals surface area contributed by atoms with E-state index in [1.54, 1.807) is 0 Å². The van der Waals surface area contributed by atoms with Crippen molar-refractivity contribution in [3.63, 3.8) is 0 Å². The second-order valence-corrected chi connectivity index (χ2v) is 9.01. The number of hydrogen-bond donors (Lipinski definition) is 1. The zero-order valence-electron chi connectivity index (χ0n) is 14.9. The van der Waals surface area contributed by atoms with Crippen LogP contribution in [0.4, 0.5) is 5.69 Å². The van der Waals surface area contributed by atoms with Crippen molar-refractivity contribution in [1.29, 1.82) is 0 Å². The molecule has 0 spiro atoms. The highest BCUT2D eigenvalue weighted by Crippen LogP contribution is 2.23. The van der Waals surface area contributed by atoms with Gasteiger partial charge < -0.3 is 10.2 Å². The Morgan fingerprint density at radius 3 is 2.72 bits per heavy atom. The van der Waals surface area contributed by atoms with E-state index in [0.29, 0.717) is 24.6 Å². The number of para-hydroxylation sites is 1. The maximum Gasteiger partial charge on any atom is 0.152 e. The van der Waals surface area contributed by atoms with Gasteiger partial charge >= 0.3 is 0 Å². The van der Waals surface area contributed by atoms with Crippen molar-refractivity contribution < 1.29 is 8.42 Å². The first-order valence-electron chi connectivity index (χ1n) is 9.13. The molecule has 0 unspecified atom stereocenters. The highest BCUT2D eigenvalue weighted by molar-refractivity contribution is 7.91. The third-order valence-electron chi connectivity index (χ3n) is 4.68.